The third-order valence-corrected chi connectivity index (χ3v) is 12.2. The maximum absolute atomic E-state index is 6.74. The maximum atomic E-state index is 6.74. The SMILES string of the molecule is C1=C2Oc3c(cccc3-c3nc(-c4ccccc4)nc(-c4cccc(-c5cc(-c6ccccc6)c(-c6ccccc6)c(-c6ccccc6)c5-c5ccccc5)c4)n3)CC2CCC1. The summed E-state index contributed by atoms with van der Waals surface area (Å²) >= 11 is 0. The molecule has 4 nitrogen and oxygen atoms in total. The molecule has 0 saturated heterocycles. The van der Waals surface area contributed by atoms with Gasteiger partial charge in [0.25, 0.3) is 0 Å². The van der Waals surface area contributed by atoms with Gasteiger partial charge in [0.1, 0.15) is 11.5 Å². The fourth-order valence-electron chi connectivity index (χ4n) is 9.30. The van der Waals surface area contributed by atoms with Crippen LogP contribution in [0.15, 0.2) is 212 Å². The molecule has 9 aromatic rings. The van der Waals surface area contributed by atoms with Crippen molar-refractivity contribution in [3.63, 3.8) is 0 Å². The molecular formula is C58H43N3O. The molecule has 1 aliphatic carbocycles. The van der Waals surface area contributed by atoms with Crippen LogP contribution in [0, 0.1) is 5.92 Å². The zero-order valence-corrected chi connectivity index (χ0v) is 34.3. The number of hydrogen-bond acceptors (Lipinski definition) is 4. The number of aromatic nitrogens is 3. The summed E-state index contributed by atoms with van der Waals surface area (Å²) in [6.45, 7) is 0. The second-order valence-corrected chi connectivity index (χ2v) is 16.1. The highest BCUT2D eigenvalue weighted by Crippen LogP contribution is 2.51. The fraction of sp³-hybridized carbons (Fsp3) is 0.0862. The summed E-state index contributed by atoms with van der Waals surface area (Å²) in [5.41, 5.74) is 15.4. The van der Waals surface area contributed by atoms with Gasteiger partial charge in [-0.2, -0.15) is 0 Å². The van der Waals surface area contributed by atoms with E-state index in [2.05, 4.69) is 188 Å². The van der Waals surface area contributed by atoms with Gasteiger partial charge in [0.15, 0.2) is 17.5 Å². The van der Waals surface area contributed by atoms with Crippen LogP contribution in [0.1, 0.15) is 24.8 Å². The molecule has 1 unspecified atom stereocenters. The lowest BCUT2D eigenvalue weighted by Gasteiger charge is -2.31. The number of allylic oxidation sites excluding steroid dienone is 2. The van der Waals surface area contributed by atoms with Gasteiger partial charge in [0.2, 0.25) is 0 Å². The van der Waals surface area contributed by atoms with Crippen molar-refractivity contribution in [1.82, 2.24) is 15.0 Å². The van der Waals surface area contributed by atoms with E-state index >= 15 is 0 Å². The summed E-state index contributed by atoms with van der Waals surface area (Å²) in [5, 5.41) is 0. The number of para-hydroxylation sites is 1. The molecule has 0 bridgehead atoms. The molecule has 0 amide bonds. The van der Waals surface area contributed by atoms with Crippen molar-refractivity contribution in [2.24, 2.45) is 5.92 Å². The van der Waals surface area contributed by atoms with Crippen LogP contribution in [-0.2, 0) is 6.42 Å². The molecule has 1 aromatic heterocycles. The van der Waals surface area contributed by atoms with Gasteiger partial charge in [-0.05, 0) is 111 Å². The average Bonchev–Trinajstić information content (AvgIpc) is 3.36. The van der Waals surface area contributed by atoms with Gasteiger partial charge in [-0.3, -0.25) is 0 Å². The minimum atomic E-state index is 0.426. The number of benzene rings is 8. The number of nitrogens with zero attached hydrogens (tertiary/aromatic N) is 3. The number of fused-ring (bicyclic) bond motifs is 2. The minimum absolute atomic E-state index is 0.426. The average molecular weight is 798 g/mol. The Labute approximate surface area is 363 Å². The van der Waals surface area contributed by atoms with Crippen molar-refractivity contribution in [3.8, 4) is 95.5 Å². The lowest BCUT2D eigenvalue weighted by Crippen LogP contribution is -2.21. The van der Waals surface area contributed by atoms with E-state index in [1.54, 1.807) is 0 Å². The topological polar surface area (TPSA) is 47.9 Å². The molecule has 62 heavy (non-hydrogen) atoms. The van der Waals surface area contributed by atoms with E-state index < -0.39 is 0 Å². The summed E-state index contributed by atoms with van der Waals surface area (Å²) in [7, 11) is 0. The third kappa shape index (κ3) is 7.10. The van der Waals surface area contributed by atoms with Gasteiger partial charge in [-0.1, -0.05) is 182 Å². The Kier molecular flexibility index (Phi) is 9.87. The van der Waals surface area contributed by atoms with E-state index in [-0.39, 0.29) is 0 Å². The van der Waals surface area contributed by atoms with E-state index in [0.29, 0.717) is 23.4 Å². The first-order valence-electron chi connectivity index (χ1n) is 21.6. The standard InChI is InChI=1S/C58H43N3O/c1-6-20-39(21-7-1)49-38-50(53(41-24-10-3-11-25-41)54(42-26-12-4-13-27-42)52(49)40-22-8-2-9-23-40)44-31-18-33-47(36-44)57-59-56(43-28-14-5-15-29-43)60-58(61-57)48-34-19-32-46-37-45-30-16-17-35-51(45)62-55(46)48/h1-15,18-29,31-36,38,45H,16-17,30,37H2. The van der Waals surface area contributed by atoms with Crippen LogP contribution >= 0.6 is 0 Å². The first-order valence-corrected chi connectivity index (χ1v) is 21.6. The summed E-state index contributed by atoms with van der Waals surface area (Å²) < 4.78 is 6.74. The zero-order valence-electron chi connectivity index (χ0n) is 34.3. The van der Waals surface area contributed by atoms with Crippen molar-refractivity contribution in [2.75, 3.05) is 0 Å². The Balaban J connectivity index is 1.15. The molecule has 1 aliphatic heterocycles. The molecule has 0 N–H and O–H groups in total. The van der Waals surface area contributed by atoms with Gasteiger partial charge in [0, 0.05) is 17.0 Å². The summed E-state index contributed by atoms with van der Waals surface area (Å²) in [5.74, 6) is 4.19. The number of ether oxygens (including phenoxy) is 1. The summed E-state index contributed by atoms with van der Waals surface area (Å²) in [6.07, 6.45) is 6.64. The van der Waals surface area contributed by atoms with Crippen LogP contribution in [0.25, 0.3) is 89.8 Å². The van der Waals surface area contributed by atoms with Crippen LogP contribution < -0.4 is 4.74 Å². The molecule has 2 aliphatic rings. The third-order valence-electron chi connectivity index (χ3n) is 12.2. The van der Waals surface area contributed by atoms with Crippen molar-refractivity contribution in [3.05, 3.63) is 218 Å². The number of rotatable bonds is 8. The molecule has 1 atom stereocenters. The Morgan fingerprint density at radius 1 is 0.387 bits per heavy atom. The van der Waals surface area contributed by atoms with Crippen molar-refractivity contribution in [1.29, 1.82) is 0 Å². The predicted molar refractivity (Wildman–Crippen MR) is 253 cm³/mol. The molecule has 4 heteroatoms. The molecule has 0 spiro atoms. The first kappa shape index (κ1) is 37.3. The van der Waals surface area contributed by atoms with Gasteiger partial charge in [-0.25, -0.2) is 15.0 Å². The molecule has 0 saturated carbocycles. The molecule has 8 aromatic carbocycles. The lowest BCUT2D eigenvalue weighted by molar-refractivity contribution is 0.287. The number of hydrogen-bond donors (Lipinski definition) is 0. The second-order valence-electron chi connectivity index (χ2n) is 16.1. The second kappa shape index (κ2) is 16.4. The Morgan fingerprint density at radius 2 is 0.871 bits per heavy atom. The van der Waals surface area contributed by atoms with E-state index in [4.69, 9.17) is 19.7 Å². The van der Waals surface area contributed by atoms with Crippen molar-refractivity contribution >= 4 is 0 Å². The van der Waals surface area contributed by atoms with E-state index in [1.165, 1.54) is 23.1 Å². The minimum Gasteiger partial charge on any atom is -0.461 e. The smallest absolute Gasteiger partial charge is 0.167 e. The molecule has 0 fully saturated rings. The Bertz CT molecular complexity index is 3070. The van der Waals surface area contributed by atoms with Crippen LogP contribution in [0.5, 0.6) is 5.75 Å². The van der Waals surface area contributed by atoms with Crippen molar-refractivity contribution < 1.29 is 4.74 Å². The Hall–Kier alpha value is -7.69. The van der Waals surface area contributed by atoms with Crippen LogP contribution in [0.4, 0.5) is 0 Å². The van der Waals surface area contributed by atoms with Crippen LogP contribution in [-0.4, -0.2) is 15.0 Å². The molecule has 11 rings (SSSR count). The Morgan fingerprint density at radius 3 is 1.50 bits per heavy atom. The highest BCUT2D eigenvalue weighted by atomic mass is 16.5. The quantitative estimate of drug-likeness (QED) is 0.154. The van der Waals surface area contributed by atoms with Gasteiger partial charge in [0.05, 0.1) is 5.56 Å². The monoisotopic (exact) mass is 797 g/mol. The van der Waals surface area contributed by atoms with E-state index in [9.17, 15) is 0 Å². The summed E-state index contributed by atoms with van der Waals surface area (Å²) in [6, 6.07) is 70.9. The maximum Gasteiger partial charge on any atom is 0.167 e. The fourth-order valence-corrected chi connectivity index (χ4v) is 9.30. The van der Waals surface area contributed by atoms with Crippen LogP contribution in [0.3, 0.4) is 0 Å². The highest BCUT2D eigenvalue weighted by Gasteiger charge is 2.30. The van der Waals surface area contributed by atoms with E-state index in [0.717, 1.165) is 92.0 Å². The molecular weight excluding hydrogens is 755 g/mol. The van der Waals surface area contributed by atoms with E-state index in [1.807, 2.05) is 18.2 Å². The van der Waals surface area contributed by atoms with Crippen LogP contribution in [0.2, 0.25) is 0 Å². The zero-order chi connectivity index (χ0) is 41.2. The largest absolute Gasteiger partial charge is 0.461 e. The molecule has 2 heterocycles. The predicted octanol–water partition coefficient (Wildman–Crippen LogP) is 14.8. The van der Waals surface area contributed by atoms with Gasteiger partial charge in [-0.15, -0.1) is 0 Å². The normalized spacial score (nSPS) is 14.3. The van der Waals surface area contributed by atoms with Gasteiger partial charge < -0.3 is 4.74 Å². The van der Waals surface area contributed by atoms with Crippen molar-refractivity contribution in [2.45, 2.75) is 25.7 Å². The highest BCUT2D eigenvalue weighted by molar-refractivity contribution is 6.07. The first-order chi connectivity index (χ1) is 30.7. The van der Waals surface area contributed by atoms with Gasteiger partial charge >= 0.3 is 0 Å². The molecule has 296 valence electrons. The lowest BCUT2D eigenvalue weighted by atomic mass is 9.79. The summed E-state index contributed by atoms with van der Waals surface area (Å²) in [4.78, 5) is 15.6. The molecule has 0 radical (unpaired) electrons.